The van der Waals surface area contributed by atoms with E-state index in [-0.39, 0.29) is 30.6 Å². The zero-order valence-corrected chi connectivity index (χ0v) is 14.3. The molecule has 0 aliphatic rings. The number of thioether (sulfide) groups is 1. The van der Waals surface area contributed by atoms with Crippen molar-refractivity contribution >= 4 is 45.2 Å². The third-order valence-corrected chi connectivity index (χ3v) is 5.25. The number of carbonyl (C=O) groups excluding carboxylic acids is 2. The van der Waals surface area contributed by atoms with Crippen LogP contribution in [0.1, 0.15) is 16.9 Å². The summed E-state index contributed by atoms with van der Waals surface area (Å²) in [5.74, 6) is -0.221. The summed E-state index contributed by atoms with van der Waals surface area (Å²) in [6, 6.07) is 0. The minimum atomic E-state index is -0.338. The predicted molar refractivity (Wildman–Crippen MR) is 87.3 cm³/mol. The van der Waals surface area contributed by atoms with Crippen molar-refractivity contribution < 1.29 is 14.3 Å². The fraction of sp³-hybridized carbons (Fsp3) is 0.429. The van der Waals surface area contributed by atoms with Crippen LogP contribution in [0, 0.1) is 13.8 Å². The summed E-state index contributed by atoms with van der Waals surface area (Å²) >= 11 is 3.01. The second-order valence-electron chi connectivity index (χ2n) is 4.61. The molecule has 22 heavy (non-hydrogen) atoms. The maximum atomic E-state index is 11.8. The third-order valence-electron chi connectivity index (χ3n) is 3.15. The lowest BCUT2D eigenvalue weighted by Gasteiger charge is -2.05. The molecule has 2 heterocycles. The summed E-state index contributed by atoms with van der Waals surface area (Å²) < 4.78 is 4.51. The summed E-state index contributed by atoms with van der Waals surface area (Å²) in [5.41, 5.74) is 1.16. The van der Waals surface area contributed by atoms with E-state index in [1.807, 2.05) is 6.92 Å². The molecule has 0 fully saturated rings. The fourth-order valence-electron chi connectivity index (χ4n) is 1.85. The summed E-state index contributed by atoms with van der Waals surface area (Å²) in [4.78, 5) is 33.5. The Bertz CT molecular complexity index is 700. The first-order chi connectivity index (χ1) is 10.5. The predicted octanol–water partition coefficient (Wildman–Crippen LogP) is 2.08. The van der Waals surface area contributed by atoms with E-state index in [2.05, 4.69) is 26.9 Å². The summed E-state index contributed by atoms with van der Waals surface area (Å²) in [6.45, 7) is 4.37. The van der Waals surface area contributed by atoms with Crippen LogP contribution in [-0.4, -0.2) is 41.3 Å². The van der Waals surface area contributed by atoms with Gasteiger partial charge in [-0.1, -0.05) is 11.8 Å². The van der Waals surface area contributed by atoms with Gasteiger partial charge in [0.05, 0.1) is 19.3 Å². The highest BCUT2D eigenvalue weighted by molar-refractivity contribution is 8.00. The number of ether oxygens (including phenoxy) is 1. The smallest absolute Gasteiger partial charge is 0.307 e. The van der Waals surface area contributed by atoms with Crippen LogP contribution in [0.2, 0.25) is 0 Å². The van der Waals surface area contributed by atoms with Crippen molar-refractivity contribution in [1.29, 1.82) is 0 Å². The molecule has 6 nitrogen and oxygen atoms in total. The number of carbonyl (C=O) groups is 2. The molecule has 0 aliphatic heterocycles. The Morgan fingerprint density at radius 2 is 2.14 bits per heavy atom. The number of aryl methyl sites for hydroxylation is 2. The molecule has 1 amide bonds. The number of fused-ring (bicyclic) bond motifs is 1. The molecule has 0 unspecified atom stereocenters. The molecular formula is C14H17N3O3S2. The van der Waals surface area contributed by atoms with E-state index < -0.39 is 0 Å². The molecule has 0 radical (unpaired) electrons. The highest BCUT2D eigenvalue weighted by Gasteiger charge is 2.13. The molecule has 0 aromatic carbocycles. The number of nitrogens with zero attached hydrogens (tertiary/aromatic N) is 2. The van der Waals surface area contributed by atoms with E-state index in [1.165, 1.54) is 30.1 Å². The second kappa shape index (κ2) is 7.55. The fourth-order valence-corrected chi connectivity index (χ4v) is 3.80. The van der Waals surface area contributed by atoms with Gasteiger partial charge in [-0.3, -0.25) is 9.59 Å². The standard InChI is InChI=1S/C14H17N3O3S2/c1-8-9(2)22-14-12(8)13(16-7-17-14)21-6-10(18)15-5-4-11(19)20-3/h7H,4-6H2,1-3H3,(H,15,18). The van der Waals surface area contributed by atoms with Crippen LogP contribution in [-0.2, 0) is 14.3 Å². The number of amides is 1. The molecule has 0 aliphatic carbocycles. The first kappa shape index (κ1) is 16.7. The molecular weight excluding hydrogens is 322 g/mol. The molecule has 0 atom stereocenters. The topological polar surface area (TPSA) is 81.2 Å². The number of hydrogen-bond acceptors (Lipinski definition) is 7. The van der Waals surface area contributed by atoms with Crippen LogP contribution in [0.4, 0.5) is 0 Å². The first-order valence-electron chi connectivity index (χ1n) is 6.70. The van der Waals surface area contributed by atoms with Gasteiger partial charge in [0.25, 0.3) is 0 Å². The Morgan fingerprint density at radius 3 is 2.86 bits per heavy atom. The Labute approximate surface area is 136 Å². The normalized spacial score (nSPS) is 10.7. The first-order valence-corrected chi connectivity index (χ1v) is 8.50. The van der Waals surface area contributed by atoms with Gasteiger partial charge in [0, 0.05) is 16.8 Å². The van der Waals surface area contributed by atoms with E-state index >= 15 is 0 Å². The van der Waals surface area contributed by atoms with Crippen molar-refractivity contribution in [3.63, 3.8) is 0 Å². The highest BCUT2D eigenvalue weighted by atomic mass is 32.2. The van der Waals surface area contributed by atoms with Crippen molar-refractivity contribution in [1.82, 2.24) is 15.3 Å². The van der Waals surface area contributed by atoms with Gasteiger partial charge in [0.1, 0.15) is 16.2 Å². The molecule has 0 bridgehead atoms. The lowest BCUT2D eigenvalue weighted by molar-refractivity contribution is -0.140. The Balaban J connectivity index is 1.94. The number of aromatic nitrogens is 2. The molecule has 0 spiro atoms. The van der Waals surface area contributed by atoms with Gasteiger partial charge in [-0.2, -0.15) is 0 Å². The van der Waals surface area contributed by atoms with Crippen molar-refractivity contribution in [2.45, 2.75) is 25.3 Å². The van der Waals surface area contributed by atoms with Crippen molar-refractivity contribution in [3.05, 3.63) is 16.8 Å². The third kappa shape index (κ3) is 3.95. The number of thiophene rings is 1. The zero-order valence-electron chi connectivity index (χ0n) is 12.6. The second-order valence-corrected chi connectivity index (χ2v) is 6.77. The summed E-state index contributed by atoms with van der Waals surface area (Å²) in [5, 5.41) is 4.52. The summed E-state index contributed by atoms with van der Waals surface area (Å²) in [6.07, 6.45) is 1.70. The van der Waals surface area contributed by atoms with Gasteiger partial charge in [-0.25, -0.2) is 9.97 Å². The van der Waals surface area contributed by atoms with Crippen molar-refractivity contribution in [3.8, 4) is 0 Å². The minimum absolute atomic E-state index is 0.134. The van der Waals surface area contributed by atoms with E-state index in [4.69, 9.17) is 0 Å². The quantitative estimate of drug-likeness (QED) is 0.493. The van der Waals surface area contributed by atoms with E-state index in [1.54, 1.807) is 11.3 Å². The van der Waals surface area contributed by atoms with Crippen molar-refractivity contribution in [2.75, 3.05) is 19.4 Å². The molecule has 2 aromatic rings. The van der Waals surface area contributed by atoms with E-state index in [0.29, 0.717) is 0 Å². The minimum Gasteiger partial charge on any atom is -0.469 e. The van der Waals surface area contributed by atoms with Gasteiger partial charge in [0.15, 0.2) is 0 Å². The van der Waals surface area contributed by atoms with Crippen LogP contribution < -0.4 is 5.32 Å². The van der Waals surface area contributed by atoms with E-state index in [0.717, 1.165) is 20.8 Å². The molecule has 2 rings (SSSR count). The van der Waals surface area contributed by atoms with Crippen molar-refractivity contribution in [2.24, 2.45) is 0 Å². The average Bonchev–Trinajstić information content (AvgIpc) is 2.80. The molecule has 8 heteroatoms. The zero-order chi connectivity index (χ0) is 16.1. The number of nitrogens with one attached hydrogen (secondary N) is 1. The number of rotatable bonds is 6. The largest absolute Gasteiger partial charge is 0.469 e. The Hall–Kier alpha value is -1.67. The van der Waals surface area contributed by atoms with Gasteiger partial charge in [-0.15, -0.1) is 11.3 Å². The highest BCUT2D eigenvalue weighted by Crippen LogP contribution is 2.34. The Morgan fingerprint density at radius 1 is 1.36 bits per heavy atom. The monoisotopic (exact) mass is 339 g/mol. The SMILES string of the molecule is COC(=O)CCNC(=O)CSc1ncnc2sc(C)c(C)c12. The summed E-state index contributed by atoms with van der Waals surface area (Å²) in [7, 11) is 1.32. The van der Waals surface area contributed by atoms with Crippen LogP contribution in [0.5, 0.6) is 0 Å². The van der Waals surface area contributed by atoms with Gasteiger partial charge < -0.3 is 10.1 Å². The molecule has 0 saturated carbocycles. The number of methoxy groups -OCH3 is 1. The molecule has 118 valence electrons. The maximum absolute atomic E-state index is 11.8. The molecule has 2 aromatic heterocycles. The van der Waals surface area contributed by atoms with Crippen LogP contribution in [0.15, 0.2) is 11.4 Å². The average molecular weight is 339 g/mol. The van der Waals surface area contributed by atoms with Crippen LogP contribution in [0.25, 0.3) is 10.2 Å². The van der Waals surface area contributed by atoms with Gasteiger partial charge in [-0.05, 0) is 19.4 Å². The number of hydrogen-bond donors (Lipinski definition) is 1. The van der Waals surface area contributed by atoms with Crippen LogP contribution in [0.3, 0.4) is 0 Å². The number of esters is 1. The van der Waals surface area contributed by atoms with Gasteiger partial charge in [0.2, 0.25) is 5.91 Å². The van der Waals surface area contributed by atoms with Gasteiger partial charge >= 0.3 is 5.97 Å². The maximum Gasteiger partial charge on any atom is 0.307 e. The lowest BCUT2D eigenvalue weighted by Crippen LogP contribution is -2.27. The molecule has 0 saturated heterocycles. The van der Waals surface area contributed by atoms with E-state index in [9.17, 15) is 9.59 Å². The molecule has 1 N–H and O–H groups in total. The van der Waals surface area contributed by atoms with Crippen LogP contribution >= 0.6 is 23.1 Å². The lowest BCUT2D eigenvalue weighted by atomic mass is 10.2. The Kier molecular flexibility index (Phi) is 5.73.